The zero-order valence-corrected chi connectivity index (χ0v) is 16.1. The molecule has 0 atom stereocenters. The van der Waals surface area contributed by atoms with Crippen LogP contribution in [0.2, 0.25) is 5.02 Å². The molecule has 1 amide bonds. The smallest absolute Gasteiger partial charge is 0.224 e. The molecule has 4 nitrogen and oxygen atoms in total. The fourth-order valence-electron chi connectivity index (χ4n) is 3.72. The summed E-state index contributed by atoms with van der Waals surface area (Å²) < 4.78 is 2.12. The largest absolute Gasteiger partial charge is 0.347 e. The highest BCUT2D eigenvalue weighted by Crippen LogP contribution is 2.21. The molecule has 27 heavy (non-hydrogen) atoms. The van der Waals surface area contributed by atoms with E-state index in [0.29, 0.717) is 13.0 Å². The number of aromatic nitrogens is 1. The summed E-state index contributed by atoms with van der Waals surface area (Å²) in [5.41, 5.74) is 2.42. The number of halogens is 1. The Bertz CT molecular complexity index is 914. The first kappa shape index (κ1) is 18.1. The van der Waals surface area contributed by atoms with Gasteiger partial charge in [0, 0.05) is 62.4 Å². The third-order valence-electron chi connectivity index (χ3n) is 5.28. The lowest BCUT2D eigenvalue weighted by molar-refractivity contribution is -0.133. The number of nitrogens with zero attached hydrogens (tertiary/aromatic N) is 3. The Kier molecular flexibility index (Phi) is 5.46. The number of aryl methyl sites for hydroxylation is 1. The Hall–Kier alpha value is -2.30. The molecule has 4 rings (SSSR count). The van der Waals surface area contributed by atoms with Crippen LogP contribution in [0.3, 0.4) is 0 Å². The van der Waals surface area contributed by atoms with Crippen LogP contribution < -0.4 is 0 Å². The quantitative estimate of drug-likeness (QED) is 0.667. The third-order valence-corrected chi connectivity index (χ3v) is 5.51. The zero-order valence-electron chi connectivity index (χ0n) is 15.4. The molecule has 1 saturated heterocycles. The summed E-state index contributed by atoms with van der Waals surface area (Å²) in [4.78, 5) is 17.0. The normalized spacial score (nSPS) is 15.4. The van der Waals surface area contributed by atoms with Gasteiger partial charge in [0.05, 0.1) is 0 Å². The van der Waals surface area contributed by atoms with Crippen LogP contribution >= 0.6 is 11.6 Å². The summed E-state index contributed by atoms with van der Waals surface area (Å²) >= 11 is 6.11. The van der Waals surface area contributed by atoms with Gasteiger partial charge < -0.3 is 9.47 Å². The maximum absolute atomic E-state index is 12.6. The average Bonchev–Trinajstić information content (AvgIpc) is 3.09. The van der Waals surface area contributed by atoms with Crippen molar-refractivity contribution >= 4 is 28.4 Å². The predicted molar refractivity (Wildman–Crippen MR) is 110 cm³/mol. The van der Waals surface area contributed by atoms with Crippen molar-refractivity contribution in [3.63, 3.8) is 0 Å². The van der Waals surface area contributed by atoms with Crippen molar-refractivity contribution in [3.05, 3.63) is 71.4 Å². The molecule has 1 fully saturated rings. The van der Waals surface area contributed by atoms with Gasteiger partial charge in [-0.1, -0.05) is 48.0 Å². The maximum Gasteiger partial charge on any atom is 0.224 e. The molecule has 0 N–H and O–H groups in total. The van der Waals surface area contributed by atoms with Gasteiger partial charge in [0.1, 0.15) is 0 Å². The van der Waals surface area contributed by atoms with Gasteiger partial charge in [0.15, 0.2) is 0 Å². The van der Waals surface area contributed by atoms with Crippen LogP contribution in [0.15, 0.2) is 60.8 Å². The summed E-state index contributed by atoms with van der Waals surface area (Å²) in [6, 6.07) is 18.5. The second kappa shape index (κ2) is 8.15. The number of rotatable bonds is 5. The van der Waals surface area contributed by atoms with Gasteiger partial charge in [-0.2, -0.15) is 0 Å². The minimum Gasteiger partial charge on any atom is -0.347 e. The van der Waals surface area contributed by atoms with E-state index in [1.165, 1.54) is 5.56 Å². The number of fused-ring (bicyclic) bond motifs is 1. The maximum atomic E-state index is 12.6. The number of benzene rings is 2. The van der Waals surface area contributed by atoms with Crippen LogP contribution in [-0.2, 0) is 17.9 Å². The lowest BCUT2D eigenvalue weighted by atomic mass is 10.2. The summed E-state index contributed by atoms with van der Waals surface area (Å²) in [6.07, 6.45) is 2.56. The van der Waals surface area contributed by atoms with E-state index in [-0.39, 0.29) is 5.91 Å². The molecule has 2 aromatic carbocycles. The average molecular weight is 382 g/mol. The van der Waals surface area contributed by atoms with Crippen molar-refractivity contribution in [3.8, 4) is 0 Å². The minimum absolute atomic E-state index is 0.234. The Morgan fingerprint density at radius 1 is 0.963 bits per heavy atom. The van der Waals surface area contributed by atoms with E-state index in [9.17, 15) is 4.79 Å². The molecule has 5 heteroatoms. The fraction of sp³-hybridized carbons (Fsp3) is 0.318. The van der Waals surface area contributed by atoms with Gasteiger partial charge in [-0.15, -0.1) is 0 Å². The molecule has 0 spiro atoms. The van der Waals surface area contributed by atoms with E-state index >= 15 is 0 Å². The van der Waals surface area contributed by atoms with Crippen LogP contribution in [0.1, 0.15) is 12.0 Å². The van der Waals surface area contributed by atoms with E-state index in [0.717, 1.165) is 48.6 Å². The van der Waals surface area contributed by atoms with Crippen LogP contribution in [-0.4, -0.2) is 46.5 Å². The third kappa shape index (κ3) is 4.34. The van der Waals surface area contributed by atoms with Crippen molar-refractivity contribution < 1.29 is 4.79 Å². The molecule has 0 radical (unpaired) electrons. The van der Waals surface area contributed by atoms with Gasteiger partial charge in [-0.3, -0.25) is 9.69 Å². The van der Waals surface area contributed by atoms with E-state index in [4.69, 9.17) is 11.6 Å². The number of carbonyl (C=O) groups is 1. The molecule has 1 aliphatic heterocycles. The fourth-order valence-corrected chi connectivity index (χ4v) is 3.89. The molecule has 0 unspecified atom stereocenters. The highest BCUT2D eigenvalue weighted by molar-refractivity contribution is 6.31. The first-order valence-electron chi connectivity index (χ1n) is 9.47. The highest BCUT2D eigenvalue weighted by atomic mass is 35.5. The number of piperazine rings is 1. The Balaban J connectivity index is 1.28. The van der Waals surface area contributed by atoms with E-state index in [1.807, 2.05) is 35.4 Å². The number of carbonyl (C=O) groups excluding carboxylic acids is 1. The topological polar surface area (TPSA) is 28.5 Å². The van der Waals surface area contributed by atoms with Crippen molar-refractivity contribution in [2.45, 2.75) is 19.5 Å². The van der Waals surface area contributed by atoms with Crippen molar-refractivity contribution in [2.24, 2.45) is 0 Å². The van der Waals surface area contributed by atoms with Gasteiger partial charge in [-0.25, -0.2) is 0 Å². The molecule has 1 aliphatic rings. The highest BCUT2D eigenvalue weighted by Gasteiger charge is 2.21. The Morgan fingerprint density at radius 2 is 1.74 bits per heavy atom. The van der Waals surface area contributed by atoms with Gasteiger partial charge in [0.25, 0.3) is 0 Å². The molecular weight excluding hydrogens is 358 g/mol. The van der Waals surface area contributed by atoms with Crippen LogP contribution in [0.5, 0.6) is 0 Å². The number of hydrogen-bond donors (Lipinski definition) is 0. The second-order valence-electron chi connectivity index (χ2n) is 7.10. The van der Waals surface area contributed by atoms with Gasteiger partial charge in [-0.05, 0) is 29.1 Å². The molecule has 2 heterocycles. The van der Waals surface area contributed by atoms with E-state index in [2.05, 4.69) is 39.8 Å². The SMILES string of the molecule is O=C(CCn1ccc2ccc(Cl)cc21)N1CCN(Cc2ccccc2)CC1. The van der Waals surface area contributed by atoms with Crippen LogP contribution in [0, 0.1) is 0 Å². The molecule has 1 aromatic heterocycles. The monoisotopic (exact) mass is 381 g/mol. The summed E-state index contributed by atoms with van der Waals surface area (Å²) in [5, 5.41) is 1.88. The first-order valence-corrected chi connectivity index (χ1v) is 9.85. The molecular formula is C22H24ClN3O. The lowest BCUT2D eigenvalue weighted by Crippen LogP contribution is -2.48. The summed E-state index contributed by atoms with van der Waals surface area (Å²) in [5.74, 6) is 0.234. The molecule has 0 saturated carbocycles. The first-order chi connectivity index (χ1) is 13.2. The number of amides is 1. The minimum atomic E-state index is 0.234. The van der Waals surface area contributed by atoms with Crippen molar-refractivity contribution in [1.29, 1.82) is 0 Å². The number of hydrogen-bond acceptors (Lipinski definition) is 2. The predicted octanol–water partition coefficient (Wildman–Crippen LogP) is 4.03. The Labute approximate surface area is 164 Å². The Morgan fingerprint density at radius 3 is 2.52 bits per heavy atom. The van der Waals surface area contributed by atoms with Crippen molar-refractivity contribution in [1.82, 2.24) is 14.4 Å². The van der Waals surface area contributed by atoms with Gasteiger partial charge >= 0.3 is 0 Å². The van der Waals surface area contributed by atoms with Crippen LogP contribution in [0.4, 0.5) is 0 Å². The van der Waals surface area contributed by atoms with Gasteiger partial charge in [0.2, 0.25) is 5.91 Å². The molecule has 140 valence electrons. The summed E-state index contributed by atoms with van der Waals surface area (Å²) in [6.45, 7) is 5.13. The standard InChI is InChI=1S/C22H24ClN3O/c23-20-7-6-19-8-10-25(21(19)16-20)11-9-22(27)26-14-12-24(13-15-26)17-18-4-2-1-3-5-18/h1-8,10,16H,9,11-15,17H2. The van der Waals surface area contributed by atoms with Crippen LogP contribution in [0.25, 0.3) is 10.9 Å². The van der Waals surface area contributed by atoms with Crippen molar-refractivity contribution in [2.75, 3.05) is 26.2 Å². The lowest BCUT2D eigenvalue weighted by Gasteiger charge is -2.34. The molecule has 0 aliphatic carbocycles. The van der Waals surface area contributed by atoms with E-state index < -0.39 is 0 Å². The second-order valence-corrected chi connectivity index (χ2v) is 7.54. The molecule has 0 bridgehead atoms. The molecule has 3 aromatic rings. The zero-order chi connectivity index (χ0) is 18.6. The summed E-state index contributed by atoms with van der Waals surface area (Å²) in [7, 11) is 0. The van der Waals surface area contributed by atoms with E-state index in [1.54, 1.807) is 0 Å².